The number of hydrogen-bond acceptors (Lipinski definition) is 5. The Morgan fingerprint density at radius 2 is 2.00 bits per heavy atom. The van der Waals surface area contributed by atoms with Gasteiger partial charge in [-0.1, -0.05) is 26.8 Å². The van der Waals surface area contributed by atoms with E-state index >= 15 is 0 Å². The lowest BCUT2D eigenvalue weighted by Crippen LogP contribution is -2.43. The van der Waals surface area contributed by atoms with Crippen molar-refractivity contribution in [3.8, 4) is 5.75 Å². The molecule has 1 amide bonds. The molecule has 1 aliphatic rings. The Balaban J connectivity index is 2.30. The first-order valence-electron chi connectivity index (χ1n) is 8.33. The SMILES string of the molecule is COC(=O)C1=NCC(N(C(=O)CC(C)(C)C)c2cccc(OC)c2)C1. The Bertz CT molecular complexity index is 676. The van der Waals surface area contributed by atoms with Gasteiger partial charge in [-0.05, 0) is 17.5 Å². The molecule has 0 aliphatic carbocycles. The lowest BCUT2D eigenvalue weighted by atomic mass is 9.91. The molecule has 6 heteroatoms. The van der Waals surface area contributed by atoms with Crippen molar-refractivity contribution in [1.29, 1.82) is 0 Å². The van der Waals surface area contributed by atoms with E-state index in [9.17, 15) is 9.59 Å². The number of rotatable bonds is 5. The summed E-state index contributed by atoms with van der Waals surface area (Å²) < 4.78 is 10.0. The zero-order valence-corrected chi connectivity index (χ0v) is 15.5. The topological polar surface area (TPSA) is 68.2 Å². The molecule has 2 rings (SSSR count). The summed E-state index contributed by atoms with van der Waals surface area (Å²) in [5.74, 6) is 0.251. The van der Waals surface area contributed by atoms with Gasteiger partial charge >= 0.3 is 5.97 Å². The van der Waals surface area contributed by atoms with Gasteiger partial charge in [-0.25, -0.2) is 4.79 Å². The van der Waals surface area contributed by atoms with Crippen LogP contribution in [0.1, 0.15) is 33.6 Å². The van der Waals surface area contributed by atoms with Gasteiger partial charge in [0.2, 0.25) is 5.91 Å². The first kappa shape index (κ1) is 19.0. The van der Waals surface area contributed by atoms with Gasteiger partial charge in [-0.2, -0.15) is 0 Å². The molecule has 136 valence electrons. The first-order chi connectivity index (χ1) is 11.7. The molecule has 1 unspecified atom stereocenters. The number of hydrogen-bond donors (Lipinski definition) is 0. The van der Waals surface area contributed by atoms with Crippen LogP contribution in [0.15, 0.2) is 29.3 Å². The average molecular weight is 346 g/mol. The highest BCUT2D eigenvalue weighted by Gasteiger charge is 2.34. The lowest BCUT2D eigenvalue weighted by Gasteiger charge is -2.31. The maximum Gasteiger partial charge on any atom is 0.352 e. The molecule has 1 heterocycles. The molecule has 0 saturated heterocycles. The molecule has 0 bridgehead atoms. The highest BCUT2D eigenvalue weighted by molar-refractivity contribution is 6.37. The van der Waals surface area contributed by atoms with Crippen molar-refractivity contribution in [3.63, 3.8) is 0 Å². The largest absolute Gasteiger partial charge is 0.497 e. The Kier molecular flexibility index (Phi) is 5.82. The summed E-state index contributed by atoms with van der Waals surface area (Å²) in [5, 5.41) is 0. The Labute approximate surface area is 148 Å². The van der Waals surface area contributed by atoms with E-state index in [-0.39, 0.29) is 17.4 Å². The number of methoxy groups -OCH3 is 2. The molecule has 0 fully saturated rings. The minimum atomic E-state index is -0.434. The lowest BCUT2D eigenvalue weighted by molar-refractivity contribution is -0.132. The third kappa shape index (κ3) is 4.81. The Hall–Kier alpha value is -2.37. The summed E-state index contributed by atoms with van der Waals surface area (Å²) in [6.07, 6.45) is 0.786. The number of carbonyl (C=O) groups is 2. The molecule has 1 atom stereocenters. The summed E-state index contributed by atoms with van der Waals surface area (Å²) >= 11 is 0. The number of carbonyl (C=O) groups excluding carboxylic acids is 2. The molecule has 1 aromatic rings. The number of benzene rings is 1. The second-order valence-electron chi connectivity index (χ2n) is 7.34. The molecule has 0 saturated carbocycles. The van der Waals surface area contributed by atoms with Crippen LogP contribution in [0.2, 0.25) is 0 Å². The molecule has 0 radical (unpaired) electrons. The van der Waals surface area contributed by atoms with Gasteiger partial charge in [0, 0.05) is 24.6 Å². The van der Waals surface area contributed by atoms with Gasteiger partial charge in [-0.15, -0.1) is 0 Å². The van der Waals surface area contributed by atoms with E-state index in [1.54, 1.807) is 12.0 Å². The molecule has 0 spiro atoms. The predicted octanol–water partition coefficient (Wildman–Crippen LogP) is 2.85. The smallest absolute Gasteiger partial charge is 0.352 e. The van der Waals surface area contributed by atoms with E-state index in [1.165, 1.54) is 7.11 Å². The number of esters is 1. The molecule has 25 heavy (non-hydrogen) atoms. The monoisotopic (exact) mass is 346 g/mol. The zero-order chi connectivity index (χ0) is 18.6. The van der Waals surface area contributed by atoms with E-state index in [0.29, 0.717) is 30.8 Å². The highest BCUT2D eigenvalue weighted by Crippen LogP contribution is 2.29. The van der Waals surface area contributed by atoms with Gasteiger partial charge in [-0.3, -0.25) is 9.79 Å². The van der Waals surface area contributed by atoms with E-state index in [2.05, 4.69) is 4.99 Å². The van der Waals surface area contributed by atoms with Gasteiger partial charge in [0.25, 0.3) is 0 Å². The maximum atomic E-state index is 13.0. The average Bonchev–Trinajstić information content (AvgIpc) is 3.02. The number of nitrogens with zero attached hydrogens (tertiary/aromatic N) is 2. The van der Waals surface area contributed by atoms with Crippen molar-refractivity contribution < 1.29 is 19.1 Å². The Morgan fingerprint density at radius 1 is 1.28 bits per heavy atom. The fraction of sp³-hybridized carbons (Fsp3) is 0.526. The van der Waals surface area contributed by atoms with Gasteiger partial charge in [0.1, 0.15) is 11.5 Å². The molecular weight excluding hydrogens is 320 g/mol. The number of amides is 1. The zero-order valence-electron chi connectivity index (χ0n) is 15.5. The van der Waals surface area contributed by atoms with E-state index in [4.69, 9.17) is 9.47 Å². The van der Waals surface area contributed by atoms with Crippen LogP contribution in [-0.4, -0.2) is 44.4 Å². The predicted molar refractivity (Wildman–Crippen MR) is 97.3 cm³/mol. The fourth-order valence-electron chi connectivity index (χ4n) is 2.86. The van der Waals surface area contributed by atoms with Crippen molar-refractivity contribution in [2.75, 3.05) is 25.7 Å². The summed E-state index contributed by atoms with van der Waals surface area (Å²) in [5.41, 5.74) is 0.989. The van der Waals surface area contributed by atoms with Crippen molar-refractivity contribution in [3.05, 3.63) is 24.3 Å². The van der Waals surface area contributed by atoms with E-state index < -0.39 is 5.97 Å². The summed E-state index contributed by atoms with van der Waals surface area (Å²) in [6.45, 7) is 6.47. The van der Waals surface area contributed by atoms with Gasteiger partial charge in [0.15, 0.2) is 0 Å². The summed E-state index contributed by atoms with van der Waals surface area (Å²) in [6, 6.07) is 7.19. The first-order valence-corrected chi connectivity index (χ1v) is 8.33. The van der Waals surface area contributed by atoms with Crippen LogP contribution in [-0.2, 0) is 14.3 Å². The third-order valence-electron chi connectivity index (χ3n) is 3.99. The van der Waals surface area contributed by atoms with Gasteiger partial charge in [0.05, 0.1) is 26.8 Å². The minimum absolute atomic E-state index is 0.00655. The van der Waals surface area contributed by atoms with Crippen molar-refractivity contribution >= 4 is 23.3 Å². The minimum Gasteiger partial charge on any atom is -0.497 e. The highest BCUT2D eigenvalue weighted by atomic mass is 16.5. The van der Waals surface area contributed by atoms with Crippen molar-refractivity contribution in [2.45, 2.75) is 39.7 Å². The second kappa shape index (κ2) is 7.68. The number of anilines is 1. The van der Waals surface area contributed by atoms with Crippen LogP contribution in [0.3, 0.4) is 0 Å². The second-order valence-corrected chi connectivity index (χ2v) is 7.34. The van der Waals surface area contributed by atoms with Crippen LogP contribution in [0.4, 0.5) is 5.69 Å². The van der Waals surface area contributed by atoms with E-state index in [0.717, 1.165) is 5.69 Å². The maximum absolute atomic E-state index is 13.0. The van der Waals surface area contributed by atoms with Crippen LogP contribution < -0.4 is 9.64 Å². The number of ether oxygens (including phenoxy) is 2. The van der Waals surface area contributed by atoms with Crippen molar-refractivity contribution in [1.82, 2.24) is 0 Å². The Morgan fingerprint density at radius 3 is 2.60 bits per heavy atom. The molecule has 1 aliphatic heterocycles. The number of aliphatic imine (C=N–C) groups is 1. The van der Waals surface area contributed by atoms with Crippen LogP contribution in [0, 0.1) is 5.41 Å². The third-order valence-corrected chi connectivity index (χ3v) is 3.99. The molecule has 0 N–H and O–H groups in total. The van der Waals surface area contributed by atoms with E-state index in [1.807, 2.05) is 45.0 Å². The van der Waals surface area contributed by atoms with Crippen LogP contribution in [0.25, 0.3) is 0 Å². The van der Waals surface area contributed by atoms with Crippen molar-refractivity contribution in [2.24, 2.45) is 10.4 Å². The summed E-state index contributed by atoms with van der Waals surface area (Å²) in [4.78, 5) is 30.8. The molecule has 6 nitrogen and oxygen atoms in total. The quantitative estimate of drug-likeness (QED) is 0.769. The standard InChI is InChI=1S/C19H26N2O4/c1-19(2,3)11-17(22)21(13-7-6-8-15(9-13)24-4)14-10-16(20-12-14)18(23)25-5/h6-9,14H,10-12H2,1-5H3. The normalized spacial score (nSPS) is 17.0. The van der Waals surface area contributed by atoms with Crippen LogP contribution >= 0.6 is 0 Å². The fourth-order valence-corrected chi connectivity index (χ4v) is 2.86. The van der Waals surface area contributed by atoms with Crippen LogP contribution in [0.5, 0.6) is 5.75 Å². The molecule has 0 aromatic heterocycles. The van der Waals surface area contributed by atoms with Gasteiger partial charge < -0.3 is 14.4 Å². The molecule has 1 aromatic carbocycles. The molecular formula is C19H26N2O4. The summed E-state index contributed by atoms with van der Waals surface area (Å²) in [7, 11) is 2.93.